The van der Waals surface area contributed by atoms with Crippen molar-refractivity contribution in [3.63, 3.8) is 0 Å². The first-order valence-electron chi connectivity index (χ1n) is 8.43. The molecule has 6 nitrogen and oxygen atoms in total. The number of hydrogen-bond donors (Lipinski definition) is 2. The van der Waals surface area contributed by atoms with Crippen molar-refractivity contribution in [3.8, 4) is 0 Å². The van der Waals surface area contributed by atoms with Crippen LogP contribution in [0.5, 0.6) is 0 Å². The second kappa shape index (κ2) is 8.27. The van der Waals surface area contributed by atoms with Crippen LogP contribution < -0.4 is 16.2 Å². The van der Waals surface area contributed by atoms with Gasteiger partial charge in [-0.15, -0.1) is 0 Å². The first kappa shape index (κ1) is 18.3. The summed E-state index contributed by atoms with van der Waals surface area (Å²) in [5.41, 5.74) is 0.243. The Balaban J connectivity index is 1.50. The van der Waals surface area contributed by atoms with Gasteiger partial charge in [0.05, 0.1) is 0 Å². The molecule has 0 spiro atoms. The molecule has 1 heterocycles. The maximum absolute atomic E-state index is 12.8. The lowest BCUT2D eigenvalue weighted by Crippen LogP contribution is -2.33. The van der Waals surface area contributed by atoms with E-state index in [-0.39, 0.29) is 42.7 Å². The maximum atomic E-state index is 12.8. The molecule has 0 aliphatic heterocycles. The number of aromatic nitrogens is 1. The lowest BCUT2D eigenvalue weighted by molar-refractivity contribution is -0.121. The van der Waals surface area contributed by atoms with Gasteiger partial charge in [0.25, 0.3) is 5.56 Å². The third-order valence-electron chi connectivity index (χ3n) is 4.00. The van der Waals surface area contributed by atoms with E-state index < -0.39 is 0 Å². The predicted octanol–water partition coefficient (Wildman–Crippen LogP) is 2.29. The third-order valence-corrected chi connectivity index (χ3v) is 4.00. The van der Waals surface area contributed by atoms with E-state index in [4.69, 9.17) is 0 Å². The monoisotopic (exact) mass is 367 g/mol. The second-order valence-corrected chi connectivity index (χ2v) is 5.99. The van der Waals surface area contributed by atoms with Gasteiger partial charge in [-0.05, 0) is 41.8 Å². The topological polar surface area (TPSA) is 80.2 Å². The Kier molecular flexibility index (Phi) is 5.61. The van der Waals surface area contributed by atoms with E-state index in [0.717, 1.165) is 5.39 Å². The highest BCUT2D eigenvalue weighted by molar-refractivity contribution is 5.91. The van der Waals surface area contributed by atoms with Crippen molar-refractivity contribution >= 4 is 28.3 Å². The Hall–Kier alpha value is -3.48. The molecule has 0 bridgehead atoms. The Morgan fingerprint density at radius 3 is 2.48 bits per heavy atom. The van der Waals surface area contributed by atoms with Gasteiger partial charge in [0.1, 0.15) is 12.4 Å². The zero-order valence-corrected chi connectivity index (χ0v) is 14.4. The van der Waals surface area contributed by atoms with Gasteiger partial charge in [0.15, 0.2) is 0 Å². The van der Waals surface area contributed by atoms with Gasteiger partial charge in [0.2, 0.25) is 11.8 Å². The number of rotatable bonds is 6. The van der Waals surface area contributed by atoms with Crippen molar-refractivity contribution in [2.24, 2.45) is 0 Å². The van der Waals surface area contributed by atoms with Crippen molar-refractivity contribution in [1.82, 2.24) is 9.88 Å². The number of fused-ring (bicyclic) bond motifs is 1. The molecule has 0 saturated carbocycles. The Labute approximate surface area is 154 Å². The lowest BCUT2D eigenvalue weighted by Gasteiger charge is -2.09. The molecule has 1 aromatic heterocycles. The summed E-state index contributed by atoms with van der Waals surface area (Å²) in [7, 11) is 0. The summed E-state index contributed by atoms with van der Waals surface area (Å²) in [4.78, 5) is 36.2. The first-order chi connectivity index (χ1) is 13.0. The van der Waals surface area contributed by atoms with Gasteiger partial charge in [-0.2, -0.15) is 0 Å². The number of carbonyl (C=O) groups is 2. The minimum atomic E-state index is -0.385. The highest BCUT2D eigenvalue weighted by atomic mass is 19.1. The average Bonchev–Trinajstić information content (AvgIpc) is 2.66. The van der Waals surface area contributed by atoms with E-state index in [2.05, 4.69) is 10.6 Å². The highest BCUT2D eigenvalue weighted by Crippen LogP contribution is 2.09. The SMILES string of the molecule is O=C(Cn1ccc2ccccc2c1=O)NCCC(=O)Nc1ccc(F)cc1. The largest absolute Gasteiger partial charge is 0.354 e. The van der Waals surface area contributed by atoms with Gasteiger partial charge >= 0.3 is 0 Å². The number of anilines is 1. The zero-order valence-electron chi connectivity index (χ0n) is 14.4. The summed E-state index contributed by atoms with van der Waals surface area (Å²) in [6.07, 6.45) is 1.64. The van der Waals surface area contributed by atoms with Crippen molar-refractivity contribution in [2.75, 3.05) is 11.9 Å². The predicted molar refractivity (Wildman–Crippen MR) is 101 cm³/mol. The van der Waals surface area contributed by atoms with Gasteiger partial charge in [-0.1, -0.05) is 18.2 Å². The Morgan fingerprint density at radius 2 is 1.70 bits per heavy atom. The van der Waals surface area contributed by atoms with Gasteiger partial charge in [-0.25, -0.2) is 4.39 Å². The fraction of sp³-hybridized carbons (Fsp3) is 0.150. The van der Waals surface area contributed by atoms with Crippen LogP contribution in [0.2, 0.25) is 0 Å². The summed E-state index contributed by atoms with van der Waals surface area (Å²) in [6, 6.07) is 14.4. The third kappa shape index (κ3) is 4.78. The number of benzene rings is 2. The molecule has 0 aliphatic carbocycles. The van der Waals surface area contributed by atoms with Crippen molar-refractivity contribution in [3.05, 3.63) is 77.0 Å². The summed E-state index contributed by atoms with van der Waals surface area (Å²) in [6.45, 7) is 0.0114. The molecule has 0 fully saturated rings. The number of carbonyl (C=O) groups excluding carboxylic acids is 2. The van der Waals surface area contributed by atoms with Crippen LogP contribution in [0.3, 0.4) is 0 Å². The molecule has 0 unspecified atom stereocenters. The highest BCUT2D eigenvalue weighted by Gasteiger charge is 2.08. The fourth-order valence-electron chi connectivity index (χ4n) is 2.64. The second-order valence-electron chi connectivity index (χ2n) is 5.99. The average molecular weight is 367 g/mol. The quantitative estimate of drug-likeness (QED) is 0.701. The van der Waals surface area contributed by atoms with E-state index >= 15 is 0 Å². The van der Waals surface area contributed by atoms with E-state index in [0.29, 0.717) is 11.1 Å². The van der Waals surface area contributed by atoms with E-state index in [1.54, 1.807) is 24.4 Å². The molecule has 138 valence electrons. The minimum absolute atomic E-state index is 0.0652. The van der Waals surface area contributed by atoms with Crippen LogP contribution in [-0.2, 0) is 16.1 Å². The summed E-state index contributed by atoms with van der Waals surface area (Å²) in [5, 5.41) is 6.59. The Morgan fingerprint density at radius 1 is 0.963 bits per heavy atom. The molecule has 0 saturated heterocycles. The van der Waals surface area contributed by atoms with Crippen LogP contribution in [0.25, 0.3) is 10.8 Å². The number of pyridine rings is 1. The van der Waals surface area contributed by atoms with Gasteiger partial charge < -0.3 is 15.2 Å². The molecule has 0 aliphatic rings. The van der Waals surface area contributed by atoms with Crippen molar-refractivity contribution in [1.29, 1.82) is 0 Å². The standard InChI is InChI=1S/C20H18FN3O3/c21-15-5-7-16(8-6-15)23-18(25)9-11-22-19(26)13-24-12-10-14-3-1-2-4-17(14)20(24)27/h1-8,10,12H,9,11,13H2,(H,22,26)(H,23,25). The molecule has 2 N–H and O–H groups in total. The number of amides is 2. The molecule has 3 aromatic rings. The Bertz CT molecular complexity index is 1030. The van der Waals surface area contributed by atoms with Crippen LogP contribution in [0.4, 0.5) is 10.1 Å². The zero-order chi connectivity index (χ0) is 19.2. The summed E-state index contributed by atoms with van der Waals surface area (Å²) >= 11 is 0. The number of nitrogens with one attached hydrogen (secondary N) is 2. The number of nitrogens with zero attached hydrogens (tertiary/aromatic N) is 1. The molecule has 0 radical (unpaired) electrons. The molecule has 3 rings (SSSR count). The van der Waals surface area contributed by atoms with Crippen molar-refractivity contribution in [2.45, 2.75) is 13.0 Å². The van der Waals surface area contributed by atoms with Gasteiger partial charge in [-0.3, -0.25) is 14.4 Å². The summed E-state index contributed by atoms with van der Waals surface area (Å²) < 4.78 is 14.2. The summed E-state index contributed by atoms with van der Waals surface area (Å²) in [5.74, 6) is -1.05. The first-order valence-corrected chi connectivity index (χ1v) is 8.43. The maximum Gasteiger partial charge on any atom is 0.258 e. The van der Waals surface area contributed by atoms with E-state index in [1.807, 2.05) is 12.1 Å². The van der Waals surface area contributed by atoms with Crippen LogP contribution in [0.1, 0.15) is 6.42 Å². The molecular formula is C20H18FN3O3. The van der Waals surface area contributed by atoms with Crippen molar-refractivity contribution < 1.29 is 14.0 Å². The number of halogens is 1. The van der Waals surface area contributed by atoms with Crippen LogP contribution in [-0.4, -0.2) is 22.9 Å². The van der Waals surface area contributed by atoms with Crippen LogP contribution >= 0.6 is 0 Å². The van der Waals surface area contributed by atoms with Crippen LogP contribution in [0.15, 0.2) is 65.6 Å². The minimum Gasteiger partial charge on any atom is -0.354 e. The smallest absolute Gasteiger partial charge is 0.258 e. The molecule has 7 heteroatoms. The lowest BCUT2D eigenvalue weighted by atomic mass is 10.2. The van der Waals surface area contributed by atoms with Gasteiger partial charge in [0, 0.05) is 30.2 Å². The van der Waals surface area contributed by atoms with E-state index in [1.165, 1.54) is 28.8 Å². The fourth-order valence-corrected chi connectivity index (χ4v) is 2.64. The normalized spacial score (nSPS) is 10.6. The van der Waals surface area contributed by atoms with E-state index in [9.17, 15) is 18.8 Å². The molecular weight excluding hydrogens is 349 g/mol. The molecule has 0 atom stereocenters. The van der Waals surface area contributed by atoms with Crippen LogP contribution in [0, 0.1) is 5.82 Å². The molecule has 2 amide bonds. The molecule has 2 aromatic carbocycles. The number of hydrogen-bond acceptors (Lipinski definition) is 3. The molecule has 27 heavy (non-hydrogen) atoms.